The Labute approximate surface area is 165 Å². The lowest BCUT2D eigenvalue weighted by molar-refractivity contribution is -0.121. The summed E-state index contributed by atoms with van der Waals surface area (Å²) in [6.07, 6.45) is 2.71. The Morgan fingerprint density at radius 1 is 1.00 bits per heavy atom. The van der Waals surface area contributed by atoms with Gasteiger partial charge in [0.2, 0.25) is 11.7 Å². The van der Waals surface area contributed by atoms with Crippen LogP contribution in [0.1, 0.15) is 29.6 Å². The summed E-state index contributed by atoms with van der Waals surface area (Å²) >= 11 is 0. The van der Waals surface area contributed by atoms with E-state index in [4.69, 9.17) is 14.2 Å². The summed E-state index contributed by atoms with van der Waals surface area (Å²) in [6.45, 7) is 3.44. The van der Waals surface area contributed by atoms with Crippen LogP contribution in [0.25, 0.3) is 0 Å². The van der Waals surface area contributed by atoms with Gasteiger partial charge >= 0.3 is 0 Å². The minimum atomic E-state index is -0.0936. The predicted octanol–water partition coefficient (Wildman–Crippen LogP) is 1.14. The molecular weight excluding hydrogens is 362 g/mol. The number of nitrogens with zero attached hydrogens (tertiary/aromatic N) is 2. The summed E-state index contributed by atoms with van der Waals surface area (Å²) in [5.74, 6) is 1.34. The number of hydrogen-bond donors (Lipinski definition) is 1. The van der Waals surface area contributed by atoms with Crippen LogP contribution in [0.3, 0.4) is 0 Å². The van der Waals surface area contributed by atoms with E-state index in [-0.39, 0.29) is 11.8 Å². The maximum Gasteiger partial charge on any atom is 0.257 e. The molecule has 1 aliphatic heterocycles. The van der Waals surface area contributed by atoms with Crippen LogP contribution in [-0.2, 0) is 4.79 Å². The van der Waals surface area contributed by atoms with Gasteiger partial charge < -0.3 is 24.4 Å². The Kier molecular flexibility index (Phi) is 6.61. The van der Waals surface area contributed by atoms with Gasteiger partial charge in [-0.1, -0.05) is 0 Å². The minimum Gasteiger partial charge on any atom is -0.493 e. The number of carbonyl (C=O) groups is 2. The first-order chi connectivity index (χ1) is 13.6. The number of rotatable bonds is 8. The Morgan fingerprint density at radius 2 is 1.68 bits per heavy atom. The Balaban J connectivity index is 1.56. The summed E-state index contributed by atoms with van der Waals surface area (Å²) in [7, 11) is 4.58. The van der Waals surface area contributed by atoms with Gasteiger partial charge in [0.1, 0.15) is 0 Å². The zero-order valence-electron chi connectivity index (χ0n) is 16.8. The Hall–Kier alpha value is -2.48. The van der Waals surface area contributed by atoms with Crippen LogP contribution in [-0.4, -0.2) is 81.7 Å². The van der Waals surface area contributed by atoms with E-state index in [9.17, 15) is 9.59 Å². The van der Waals surface area contributed by atoms with Gasteiger partial charge in [0.25, 0.3) is 5.91 Å². The lowest BCUT2D eigenvalue weighted by Crippen LogP contribution is -2.49. The van der Waals surface area contributed by atoms with Gasteiger partial charge in [-0.05, 0) is 25.0 Å². The normalized spacial score (nSPS) is 17.2. The van der Waals surface area contributed by atoms with Crippen molar-refractivity contribution in [2.24, 2.45) is 0 Å². The highest BCUT2D eigenvalue weighted by Crippen LogP contribution is 2.40. The second kappa shape index (κ2) is 9.14. The largest absolute Gasteiger partial charge is 0.493 e. The maximum absolute atomic E-state index is 13.0. The van der Waals surface area contributed by atoms with E-state index in [1.807, 2.05) is 4.90 Å². The highest BCUT2D eigenvalue weighted by atomic mass is 16.5. The fourth-order valence-corrected chi connectivity index (χ4v) is 3.40. The molecule has 0 spiro atoms. The van der Waals surface area contributed by atoms with Crippen molar-refractivity contribution in [1.29, 1.82) is 0 Å². The molecule has 1 aromatic rings. The molecule has 0 bridgehead atoms. The van der Waals surface area contributed by atoms with E-state index >= 15 is 0 Å². The summed E-state index contributed by atoms with van der Waals surface area (Å²) in [6, 6.07) is 3.82. The standard InChI is InChI=1S/C20H29N3O5/c1-26-16-7-6-15(18(27-2)19(16)28-3)20(25)23-12-10-22(11-13-23)9-8-17(24)21-14-4-5-14/h6-7,14H,4-5,8-13H2,1-3H3,(H,21,24). The monoisotopic (exact) mass is 391 g/mol. The highest BCUT2D eigenvalue weighted by Gasteiger charge is 2.28. The van der Waals surface area contributed by atoms with Gasteiger partial charge in [0, 0.05) is 45.2 Å². The summed E-state index contributed by atoms with van der Waals surface area (Å²) in [4.78, 5) is 28.9. The van der Waals surface area contributed by atoms with Gasteiger partial charge in [-0.25, -0.2) is 0 Å². The predicted molar refractivity (Wildman–Crippen MR) is 104 cm³/mol. The lowest BCUT2D eigenvalue weighted by Gasteiger charge is -2.35. The first kappa shape index (κ1) is 20.3. The molecule has 2 fully saturated rings. The Morgan fingerprint density at radius 3 is 2.25 bits per heavy atom. The van der Waals surface area contributed by atoms with E-state index in [0.29, 0.717) is 48.4 Å². The molecule has 8 heteroatoms. The van der Waals surface area contributed by atoms with Crippen LogP contribution in [0.2, 0.25) is 0 Å². The third-order valence-electron chi connectivity index (χ3n) is 5.19. The molecule has 3 rings (SSSR count). The third kappa shape index (κ3) is 4.67. The third-order valence-corrected chi connectivity index (χ3v) is 5.19. The number of hydrogen-bond acceptors (Lipinski definition) is 6. The molecule has 1 heterocycles. The molecule has 0 aromatic heterocycles. The number of benzene rings is 1. The quantitative estimate of drug-likeness (QED) is 0.716. The number of ether oxygens (including phenoxy) is 3. The second-order valence-corrected chi connectivity index (χ2v) is 7.11. The van der Waals surface area contributed by atoms with Crippen molar-refractivity contribution < 1.29 is 23.8 Å². The van der Waals surface area contributed by atoms with E-state index in [1.54, 1.807) is 19.2 Å². The molecule has 1 N–H and O–H groups in total. The molecule has 1 aliphatic carbocycles. The summed E-state index contributed by atoms with van der Waals surface area (Å²) in [5.41, 5.74) is 0.456. The molecule has 154 valence electrons. The van der Waals surface area contributed by atoms with Crippen LogP contribution in [0.15, 0.2) is 12.1 Å². The fourth-order valence-electron chi connectivity index (χ4n) is 3.40. The van der Waals surface area contributed by atoms with Gasteiger partial charge in [0.05, 0.1) is 26.9 Å². The average molecular weight is 391 g/mol. The first-order valence-corrected chi connectivity index (χ1v) is 9.67. The van der Waals surface area contributed by atoms with Crippen molar-refractivity contribution >= 4 is 11.8 Å². The molecule has 0 atom stereocenters. The molecule has 1 saturated carbocycles. The van der Waals surface area contributed by atoms with Gasteiger partial charge in [-0.15, -0.1) is 0 Å². The minimum absolute atomic E-state index is 0.0936. The summed E-state index contributed by atoms with van der Waals surface area (Å²) in [5, 5.41) is 3.01. The highest BCUT2D eigenvalue weighted by molar-refractivity contribution is 5.98. The number of piperazine rings is 1. The van der Waals surface area contributed by atoms with Gasteiger partial charge in [-0.3, -0.25) is 14.5 Å². The van der Waals surface area contributed by atoms with Crippen LogP contribution in [0, 0.1) is 0 Å². The number of carbonyl (C=O) groups excluding carboxylic acids is 2. The number of nitrogens with one attached hydrogen (secondary N) is 1. The zero-order chi connectivity index (χ0) is 20.1. The Bertz CT molecular complexity index is 712. The SMILES string of the molecule is COc1ccc(C(=O)N2CCN(CCC(=O)NC3CC3)CC2)c(OC)c1OC. The molecule has 1 aromatic carbocycles. The van der Waals surface area contributed by atoms with Crippen molar-refractivity contribution in [3.8, 4) is 17.2 Å². The maximum atomic E-state index is 13.0. The van der Waals surface area contributed by atoms with Crippen molar-refractivity contribution in [2.45, 2.75) is 25.3 Å². The van der Waals surface area contributed by atoms with E-state index in [1.165, 1.54) is 14.2 Å². The van der Waals surface area contributed by atoms with Crippen molar-refractivity contribution in [3.63, 3.8) is 0 Å². The van der Waals surface area contributed by atoms with E-state index in [0.717, 1.165) is 32.5 Å². The molecule has 28 heavy (non-hydrogen) atoms. The zero-order valence-corrected chi connectivity index (χ0v) is 16.8. The van der Waals surface area contributed by atoms with Crippen molar-refractivity contribution in [3.05, 3.63) is 17.7 Å². The smallest absolute Gasteiger partial charge is 0.257 e. The topological polar surface area (TPSA) is 80.3 Å². The fraction of sp³-hybridized carbons (Fsp3) is 0.600. The van der Waals surface area contributed by atoms with Crippen LogP contribution in [0.5, 0.6) is 17.2 Å². The molecule has 2 aliphatic rings. The number of methoxy groups -OCH3 is 3. The molecule has 8 nitrogen and oxygen atoms in total. The van der Waals surface area contributed by atoms with E-state index in [2.05, 4.69) is 10.2 Å². The van der Waals surface area contributed by atoms with E-state index < -0.39 is 0 Å². The second-order valence-electron chi connectivity index (χ2n) is 7.11. The van der Waals surface area contributed by atoms with Crippen LogP contribution < -0.4 is 19.5 Å². The molecule has 2 amide bonds. The molecule has 1 saturated heterocycles. The summed E-state index contributed by atoms with van der Waals surface area (Å²) < 4.78 is 16.1. The number of amides is 2. The van der Waals surface area contributed by atoms with Crippen molar-refractivity contribution in [1.82, 2.24) is 15.1 Å². The lowest BCUT2D eigenvalue weighted by atomic mass is 10.1. The molecule has 0 unspecified atom stereocenters. The van der Waals surface area contributed by atoms with Crippen LogP contribution in [0.4, 0.5) is 0 Å². The van der Waals surface area contributed by atoms with Crippen molar-refractivity contribution in [2.75, 3.05) is 54.1 Å². The van der Waals surface area contributed by atoms with Gasteiger partial charge in [0.15, 0.2) is 11.5 Å². The molecular formula is C20H29N3O5. The average Bonchev–Trinajstić information content (AvgIpc) is 3.54. The first-order valence-electron chi connectivity index (χ1n) is 9.67. The van der Waals surface area contributed by atoms with Crippen LogP contribution >= 0.6 is 0 Å². The molecule has 0 radical (unpaired) electrons. The van der Waals surface area contributed by atoms with Gasteiger partial charge in [-0.2, -0.15) is 0 Å².